The molecule has 2 nitrogen and oxygen atoms in total. The number of rotatable bonds is 4. The van der Waals surface area contributed by atoms with Crippen molar-refractivity contribution in [2.45, 2.75) is 13.0 Å². The molecule has 0 aromatic heterocycles. The fraction of sp³-hybridized carbons (Fsp3) is 0.200. The van der Waals surface area contributed by atoms with Crippen molar-refractivity contribution >= 4 is 31.9 Å². The third kappa shape index (κ3) is 3.40. The third-order valence-electron chi connectivity index (χ3n) is 2.90. The van der Waals surface area contributed by atoms with Gasteiger partial charge >= 0.3 is 0 Å². The molecule has 0 saturated carbocycles. The lowest BCUT2D eigenvalue weighted by Crippen LogP contribution is -2.14. The summed E-state index contributed by atoms with van der Waals surface area (Å²) >= 11 is 6.84. The Labute approximate surface area is 134 Å². The van der Waals surface area contributed by atoms with Gasteiger partial charge in [-0.3, -0.25) is 0 Å². The lowest BCUT2D eigenvalue weighted by atomic mass is 9.98. The summed E-state index contributed by atoms with van der Waals surface area (Å²) in [7, 11) is 0. The monoisotopic (exact) mass is 401 g/mol. The molecular formula is C15H14Br2FNO. The fourth-order valence-electron chi connectivity index (χ4n) is 1.97. The summed E-state index contributed by atoms with van der Waals surface area (Å²) < 4.78 is 20.7. The Morgan fingerprint density at radius 2 is 1.90 bits per heavy atom. The van der Waals surface area contributed by atoms with E-state index in [1.165, 1.54) is 12.1 Å². The Morgan fingerprint density at radius 3 is 2.60 bits per heavy atom. The van der Waals surface area contributed by atoms with Gasteiger partial charge in [0, 0.05) is 14.5 Å². The molecule has 0 radical (unpaired) electrons. The second-order valence-electron chi connectivity index (χ2n) is 4.26. The number of ether oxygens (including phenoxy) is 1. The van der Waals surface area contributed by atoms with Crippen molar-refractivity contribution < 1.29 is 9.13 Å². The summed E-state index contributed by atoms with van der Waals surface area (Å²) in [5.41, 5.74) is 7.79. The number of hydrogen-bond donors (Lipinski definition) is 1. The Balaban J connectivity index is 2.49. The summed E-state index contributed by atoms with van der Waals surface area (Å²) in [5, 5.41) is 0. The van der Waals surface area contributed by atoms with Gasteiger partial charge in [0.25, 0.3) is 0 Å². The van der Waals surface area contributed by atoms with Gasteiger partial charge in [0.05, 0.1) is 12.6 Å². The molecule has 106 valence electrons. The zero-order valence-corrected chi connectivity index (χ0v) is 14.0. The zero-order chi connectivity index (χ0) is 14.7. The van der Waals surface area contributed by atoms with Gasteiger partial charge in [-0.1, -0.05) is 31.9 Å². The SMILES string of the molecule is CCOc1ccc(Br)cc1C(N)c1cc(F)ccc1Br. The van der Waals surface area contributed by atoms with Crippen molar-refractivity contribution in [1.82, 2.24) is 0 Å². The Morgan fingerprint density at radius 1 is 1.15 bits per heavy atom. The van der Waals surface area contributed by atoms with E-state index in [4.69, 9.17) is 10.5 Å². The normalized spacial score (nSPS) is 12.2. The van der Waals surface area contributed by atoms with E-state index in [-0.39, 0.29) is 5.82 Å². The average Bonchev–Trinajstić information content (AvgIpc) is 2.43. The van der Waals surface area contributed by atoms with Crippen molar-refractivity contribution in [1.29, 1.82) is 0 Å². The predicted octanol–water partition coefficient (Wildman–Crippen LogP) is 4.80. The lowest BCUT2D eigenvalue weighted by molar-refractivity contribution is 0.335. The summed E-state index contributed by atoms with van der Waals surface area (Å²) in [6, 6.07) is 9.66. The van der Waals surface area contributed by atoms with Crippen molar-refractivity contribution in [3.63, 3.8) is 0 Å². The second kappa shape index (κ2) is 6.70. The molecule has 1 unspecified atom stereocenters. The van der Waals surface area contributed by atoms with Crippen LogP contribution < -0.4 is 10.5 Å². The van der Waals surface area contributed by atoms with Crippen molar-refractivity contribution in [2.24, 2.45) is 5.73 Å². The molecule has 2 aromatic rings. The van der Waals surface area contributed by atoms with Gasteiger partial charge in [-0.15, -0.1) is 0 Å². The van der Waals surface area contributed by atoms with Gasteiger partial charge < -0.3 is 10.5 Å². The van der Waals surface area contributed by atoms with Crippen molar-refractivity contribution in [3.05, 3.63) is 62.3 Å². The smallest absolute Gasteiger partial charge is 0.124 e. The summed E-state index contributed by atoms with van der Waals surface area (Å²) in [4.78, 5) is 0. The summed E-state index contributed by atoms with van der Waals surface area (Å²) in [5.74, 6) is 0.394. The van der Waals surface area contributed by atoms with Crippen LogP contribution in [0, 0.1) is 5.82 Å². The first-order chi connectivity index (χ1) is 9.52. The standard InChI is InChI=1S/C15H14Br2FNO/c1-2-20-14-6-3-9(16)7-12(14)15(19)11-8-10(18)4-5-13(11)17/h3-8,15H,2,19H2,1H3. The van der Waals surface area contributed by atoms with E-state index in [1.54, 1.807) is 6.07 Å². The van der Waals surface area contributed by atoms with Crippen LogP contribution in [0.4, 0.5) is 4.39 Å². The average molecular weight is 403 g/mol. The van der Waals surface area contributed by atoms with Gasteiger partial charge in [0.2, 0.25) is 0 Å². The highest BCUT2D eigenvalue weighted by molar-refractivity contribution is 9.10. The molecule has 0 aliphatic carbocycles. The summed E-state index contributed by atoms with van der Waals surface area (Å²) in [6.45, 7) is 2.46. The number of hydrogen-bond acceptors (Lipinski definition) is 2. The topological polar surface area (TPSA) is 35.2 Å². The molecule has 2 aromatic carbocycles. The van der Waals surface area contributed by atoms with Crippen LogP contribution in [0.2, 0.25) is 0 Å². The number of halogens is 3. The van der Waals surface area contributed by atoms with Crippen LogP contribution in [0.1, 0.15) is 24.1 Å². The molecule has 20 heavy (non-hydrogen) atoms. The molecule has 0 amide bonds. The molecule has 1 atom stereocenters. The van der Waals surface area contributed by atoms with E-state index in [2.05, 4.69) is 31.9 Å². The zero-order valence-electron chi connectivity index (χ0n) is 10.9. The molecule has 0 saturated heterocycles. The highest BCUT2D eigenvalue weighted by atomic mass is 79.9. The molecule has 0 spiro atoms. The van der Waals surface area contributed by atoms with E-state index < -0.39 is 6.04 Å². The van der Waals surface area contributed by atoms with Gasteiger partial charge in [0.15, 0.2) is 0 Å². The first-order valence-corrected chi connectivity index (χ1v) is 7.74. The molecule has 5 heteroatoms. The van der Waals surface area contributed by atoms with Gasteiger partial charge in [0.1, 0.15) is 11.6 Å². The van der Waals surface area contributed by atoms with E-state index >= 15 is 0 Å². The molecule has 2 rings (SSSR count). The Hall–Kier alpha value is -0.910. The van der Waals surface area contributed by atoms with Crippen molar-refractivity contribution in [2.75, 3.05) is 6.61 Å². The molecule has 0 aliphatic rings. The number of benzene rings is 2. The molecule has 0 fully saturated rings. The summed E-state index contributed by atoms with van der Waals surface area (Å²) in [6.07, 6.45) is 0. The predicted molar refractivity (Wildman–Crippen MR) is 85.4 cm³/mol. The van der Waals surface area contributed by atoms with E-state index in [9.17, 15) is 4.39 Å². The van der Waals surface area contributed by atoms with E-state index in [1.807, 2.05) is 25.1 Å². The third-order valence-corrected chi connectivity index (χ3v) is 4.12. The van der Waals surface area contributed by atoms with Crippen LogP contribution >= 0.6 is 31.9 Å². The highest BCUT2D eigenvalue weighted by Crippen LogP contribution is 2.34. The maximum atomic E-state index is 13.4. The van der Waals surface area contributed by atoms with Crippen molar-refractivity contribution in [3.8, 4) is 5.75 Å². The van der Waals surface area contributed by atoms with Crippen LogP contribution in [-0.4, -0.2) is 6.61 Å². The minimum atomic E-state index is -0.473. The van der Waals surface area contributed by atoms with Gasteiger partial charge in [-0.2, -0.15) is 0 Å². The van der Waals surface area contributed by atoms with E-state index in [0.29, 0.717) is 17.9 Å². The van der Waals surface area contributed by atoms with Crippen LogP contribution in [0.3, 0.4) is 0 Å². The van der Waals surface area contributed by atoms with Crippen LogP contribution in [-0.2, 0) is 0 Å². The highest BCUT2D eigenvalue weighted by Gasteiger charge is 2.18. The molecule has 2 N–H and O–H groups in total. The van der Waals surface area contributed by atoms with Crippen LogP contribution in [0.15, 0.2) is 45.3 Å². The van der Waals surface area contributed by atoms with Gasteiger partial charge in [-0.25, -0.2) is 4.39 Å². The maximum absolute atomic E-state index is 13.4. The molecular weight excluding hydrogens is 389 g/mol. The molecule has 0 aliphatic heterocycles. The van der Waals surface area contributed by atoms with Gasteiger partial charge in [-0.05, 0) is 48.9 Å². The van der Waals surface area contributed by atoms with E-state index in [0.717, 1.165) is 14.5 Å². The van der Waals surface area contributed by atoms with Crippen LogP contribution in [0.5, 0.6) is 5.75 Å². The first kappa shape index (κ1) is 15.5. The Kier molecular flexibility index (Phi) is 5.18. The largest absolute Gasteiger partial charge is 0.494 e. The Bertz CT molecular complexity index is 619. The minimum absolute atomic E-state index is 0.313. The maximum Gasteiger partial charge on any atom is 0.124 e. The molecule has 0 heterocycles. The molecule has 0 bridgehead atoms. The number of nitrogens with two attached hydrogens (primary N) is 1. The first-order valence-electron chi connectivity index (χ1n) is 6.15. The fourth-order valence-corrected chi connectivity index (χ4v) is 2.84. The minimum Gasteiger partial charge on any atom is -0.494 e. The second-order valence-corrected chi connectivity index (χ2v) is 6.03. The quantitative estimate of drug-likeness (QED) is 0.797. The van der Waals surface area contributed by atoms with Crippen LogP contribution in [0.25, 0.3) is 0 Å². The lowest BCUT2D eigenvalue weighted by Gasteiger charge is -2.18.